The number of amides is 1. The van der Waals surface area contributed by atoms with Crippen molar-refractivity contribution in [2.45, 2.75) is 12.8 Å². The zero-order valence-corrected chi connectivity index (χ0v) is 11.1. The molecule has 1 fully saturated rings. The van der Waals surface area contributed by atoms with Gasteiger partial charge in [-0.15, -0.1) is 0 Å². The van der Waals surface area contributed by atoms with Crippen LogP contribution in [-0.4, -0.2) is 30.5 Å². The summed E-state index contributed by atoms with van der Waals surface area (Å²) in [6.07, 6.45) is 2.19. The lowest BCUT2D eigenvalue weighted by atomic mass is 10.3. The highest BCUT2D eigenvalue weighted by molar-refractivity contribution is 9.10. The third kappa shape index (κ3) is 3.12. The Morgan fingerprint density at radius 1 is 1.41 bits per heavy atom. The van der Waals surface area contributed by atoms with Crippen molar-refractivity contribution in [1.82, 2.24) is 4.90 Å². The van der Waals surface area contributed by atoms with E-state index in [0.717, 1.165) is 30.4 Å². The largest absolute Gasteiger partial charge is 0.483 e. The van der Waals surface area contributed by atoms with Gasteiger partial charge in [0.05, 0.1) is 4.47 Å². The Morgan fingerprint density at radius 3 is 2.76 bits per heavy atom. The molecular formula is C12H15BrN2O2. The van der Waals surface area contributed by atoms with Crippen LogP contribution in [0.2, 0.25) is 0 Å². The number of hydrogen-bond acceptors (Lipinski definition) is 3. The van der Waals surface area contributed by atoms with Crippen LogP contribution in [0.3, 0.4) is 0 Å². The second-order valence-electron chi connectivity index (χ2n) is 4.07. The summed E-state index contributed by atoms with van der Waals surface area (Å²) >= 11 is 3.35. The maximum atomic E-state index is 11.8. The summed E-state index contributed by atoms with van der Waals surface area (Å²) in [5, 5.41) is 0. The monoisotopic (exact) mass is 298 g/mol. The standard InChI is InChI=1S/C12H15BrN2O2/c13-10-7-9(14)3-4-11(10)17-8-12(16)15-5-1-2-6-15/h3-4,7H,1-2,5-6,8,14H2. The highest BCUT2D eigenvalue weighted by Gasteiger charge is 2.18. The maximum Gasteiger partial charge on any atom is 0.260 e. The van der Waals surface area contributed by atoms with Gasteiger partial charge >= 0.3 is 0 Å². The van der Waals surface area contributed by atoms with E-state index in [1.54, 1.807) is 18.2 Å². The van der Waals surface area contributed by atoms with Gasteiger partial charge in [0.2, 0.25) is 0 Å². The Bertz CT molecular complexity index is 417. The van der Waals surface area contributed by atoms with E-state index in [-0.39, 0.29) is 12.5 Å². The molecule has 0 radical (unpaired) electrons. The van der Waals surface area contributed by atoms with Crippen LogP contribution in [0.1, 0.15) is 12.8 Å². The van der Waals surface area contributed by atoms with Gasteiger partial charge in [-0.3, -0.25) is 4.79 Å². The number of rotatable bonds is 3. The van der Waals surface area contributed by atoms with Crippen LogP contribution in [-0.2, 0) is 4.79 Å². The van der Waals surface area contributed by atoms with Gasteiger partial charge < -0.3 is 15.4 Å². The number of carbonyl (C=O) groups excluding carboxylic acids is 1. The highest BCUT2D eigenvalue weighted by atomic mass is 79.9. The molecule has 1 aromatic rings. The van der Waals surface area contributed by atoms with E-state index in [0.29, 0.717) is 11.4 Å². The smallest absolute Gasteiger partial charge is 0.260 e. The van der Waals surface area contributed by atoms with Gasteiger partial charge in [0.25, 0.3) is 5.91 Å². The lowest BCUT2D eigenvalue weighted by Crippen LogP contribution is -2.32. The van der Waals surface area contributed by atoms with E-state index < -0.39 is 0 Å². The molecular weight excluding hydrogens is 284 g/mol. The quantitative estimate of drug-likeness (QED) is 0.869. The molecule has 5 heteroatoms. The van der Waals surface area contributed by atoms with E-state index in [4.69, 9.17) is 10.5 Å². The predicted octanol–water partition coefficient (Wildman–Crippen LogP) is 2.03. The lowest BCUT2D eigenvalue weighted by molar-refractivity contribution is -0.132. The fourth-order valence-corrected chi connectivity index (χ4v) is 2.34. The minimum absolute atomic E-state index is 0.0474. The number of benzene rings is 1. The minimum Gasteiger partial charge on any atom is -0.483 e. The molecule has 1 aromatic carbocycles. The van der Waals surface area contributed by atoms with Crippen molar-refractivity contribution in [3.05, 3.63) is 22.7 Å². The Hall–Kier alpha value is -1.23. The molecule has 1 aliphatic rings. The van der Waals surface area contributed by atoms with Crippen molar-refractivity contribution >= 4 is 27.5 Å². The molecule has 0 unspecified atom stereocenters. The lowest BCUT2D eigenvalue weighted by Gasteiger charge is -2.16. The van der Waals surface area contributed by atoms with Crippen molar-refractivity contribution in [2.24, 2.45) is 0 Å². The van der Waals surface area contributed by atoms with Crippen LogP contribution in [0.5, 0.6) is 5.75 Å². The molecule has 0 bridgehead atoms. The maximum absolute atomic E-state index is 11.8. The SMILES string of the molecule is Nc1ccc(OCC(=O)N2CCCC2)c(Br)c1. The molecule has 17 heavy (non-hydrogen) atoms. The number of nitrogens with zero attached hydrogens (tertiary/aromatic N) is 1. The van der Waals surface area contributed by atoms with Gasteiger partial charge in [-0.1, -0.05) is 0 Å². The Kier molecular flexibility index (Phi) is 3.89. The Morgan fingerprint density at radius 2 is 2.12 bits per heavy atom. The molecule has 1 amide bonds. The Balaban J connectivity index is 1.90. The number of nitrogens with two attached hydrogens (primary N) is 1. The fraction of sp³-hybridized carbons (Fsp3) is 0.417. The van der Waals surface area contributed by atoms with Crippen molar-refractivity contribution in [1.29, 1.82) is 0 Å². The first-order valence-electron chi connectivity index (χ1n) is 5.62. The normalized spacial score (nSPS) is 15.0. The summed E-state index contributed by atoms with van der Waals surface area (Å²) in [5.74, 6) is 0.693. The van der Waals surface area contributed by atoms with Crippen LogP contribution >= 0.6 is 15.9 Å². The average Bonchev–Trinajstić information content (AvgIpc) is 2.81. The molecule has 0 spiro atoms. The third-order valence-electron chi connectivity index (χ3n) is 2.77. The van der Waals surface area contributed by atoms with Gasteiger partial charge in [0.1, 0.15) is 5.75 Å². The van der Waals surface area contributed by atoms with Crippen LogP contribution in [0, 0.1) is 0 Å². The van der Waals surface area contributed by atoms with Gasteiger partial charge in [-0.2, -0.15) is 0 Å². The van der Waals surface area contributed by atoms with Crippen LogP contribution < -0.4 is 10.5 Å². The zero-order chi connectivity index (χ0) is 12.3. The third-order valence-corrected chi connectivity index (χ3v) is 3.39. The summed E-state index contributed by atoms with van der Waals surface area (Å²) < 4.78 is 6.24. The number of carbonyl (C=O) groups is 1. The summed E-state index contributed by atoms with van der Waals surface area (Å²) in [7, 11) is 0. The number of halogens is 1. The summed E-state index contributed by atoms with van der Waals surface area (Å²) in [4.78, 5) is 13.6. The van der Waals surface area contributed by atoms with E-state index in [1.807, 2.05) is 4.90 Å². The molecule has 2 N–H and O–H groups in total. The molecule has 0 saturated carbocycles. The number of anilines is 1. The van der Waals surface area contributed by atoms with Crippen molar-refractivity contribution in [3.8, 4) is 5.75 Å². The summed E-state index contributed by atoms with van der Waals surface area (Å²) in [6.45, 7) is 1.79. The molecule has 0 aromatic heterocycles. The zero-order valence-electron chi connectivity index (χ0n) is 9.49. The molecule has 92 valence electrons. The first-order chi connectivity index (χ1) is 8.16. The number of likely N-dealkylation sites (tertiary alicyclic amines) is 1. The van der Waals surface area contributed by atoms with Crippen LogP contribution in [0.4, 0.5) is 5.69 Å². The molecule has 4 nitrogen and oxygen atoms in total. The highest BCUT2D eigenvalue weighted by Crippen LogP contribution is 2.26. The molecule has 1 saturated heterocycles. The molecule has 0 aliphatic carbocycles. The Labute approximate surface area is 109 Å². The molecule has 1 heterocycles. The fourth-order valence-electron chi connectivity index (χ4n) is 1.83. The number of ether oxygens (including phenoxy) is 1. The van der Waals surface area contributed by atoms with Gasteiger partial charge in [-0.05, 0) is 47.0 Å². The summed E-state index contributed by atoms with van der Waals surface area (Å²) in [5.41, 5.74) is 6.28. The first kappa shape index (κ1) is 12.2. The minimum atomic E-state index is 0.0474. The van der Waals surface area contributed by atoms with E-state index in [2.05, 4.69) is 15.9 Å². The molecule has 1 aliphatic heterocycles. The van der Waals surface area contributed by atoms with E-state index >= 15 is 0 Å². The average molecular weight is 299 g/mol. The van der Waals surface area contributed by atoms with Crippen LogP contribution in [0.15, 0.2) is 22.7 Å². The van der Waals surface area contributed by atoms with E-state index in [9.17, 15) is 4.79 Å². The van der Waals surface area contributed by atoms with E-state index in [1.165, 1.54) is 0 Å². The van der Waals surface area contributed by atoms with Gasteiger partial charge in [0, 0.05) is 18.8 Å². The number of hydrogen-bond donors (Lipinski definition) is 1. The van der Waals surface area contributed by atoms with Gasteiger partial charge in [0.15, 0.2) is 6.61 Å². The predicted molar refractivity (Wildman–Crippen MR) is 69.9 cm³/mol. The topological polar surface area (TPSA) is 55.6 Å². The van der Waals surface area contributed by atoms with Crippen LogP contribution in [0.25, 0.3) is 0 Å². The van der Waals surface area contributed by atoms with Gasteiger partial charge in [-0.25, -0.2) is 0 Å². The number of nitrogen functional groups attached to an aromatic ring is 1. The molecule has 0 atom stereocenters. The van der Waals surface area contributed by atoms with Crippen molar-refractivity contribution in [2.75, 3.05) is 25.4 Å². The molecule has 2 rings (SSSR count). The second kappa shape index (κ2) is 5.40. The second-order valence-corrected chi connectivity index (χ2v) is 4.92. The van der Waals surface area contributed by atoms with Crippen molar-refractivity contribution < 1.29 is 9.53 Å². The van der Waals surface area contributed by atoms with Crippen molar-refractivity contribution in [3.63, 3.8) is 0 Å². The first-order valence-corrected chi connectivity index (χ1v) is 6.42. The summed E-state index contributed by atoms with van der Waals surface area (Å²) in [6, 6.07) is 5.27.